The molecule has 1 aliphatic heterocycles. The summed E-state index contributed by atoms with van der Waals surface area (Å²) in [6, 6.07) is 0. The van der Waals surface area contributed by atoms with E-state index >= 15 is 0 Å². The van der Waals surface area contributed by atoms with Crippen molar-refractivity contribution < 1.29 is 9.26 Å². The largest absolute Gasteiger partial charge is 0.379 e. The Balaban J connectivity index is 0.00000242. The third-order valence-electron chi connectivity index (χ3n) is 3.25. The van der Waals surface area contributed by atoms with E-state index < -0.39 is 0 Å². The van der Waals surface area contributed by atoms with Crippen LogP contribution in [0.3, 0.4) is 0 Å². The van der Waals surface area contributed by atoms with Crippen LogP contribution in [0.4, 0.5) is 0 Å². The molecule has 2 N–H and O–H groups in total. The standard InChI is InChI=1S/C13H24N6O2.HI/c1-11-17-12(21-18-11)3-4-15-13(14-2)16-5-6-19-7-9-20-10-8-19;/h3-10H2,1-2H3,(H2,14,15,16);1H. The van der Waals surface area contributed by atoms with E-state index in [1.54, 1.807) is 7.05 Å². The lowest BCUT2D eigenvalue weighted by Gasteiger charge is -2.26. The van der Waals surface area contributed by atoms with Crippen LogP contribution in [0.2, 0.25) is 0 Å². The number of halogens is 1. The van der Waals surface area contributed by atoms with Crippen molar-refractivity contribution in [3.63, 3.8) is 0 Å². The number of nitrogens with zero attached hydrogens (tertiary/aromatic N) is 4. The maximum atomic E-state index is 5.33. The highest BCUT2D eigenvalue weighted by Crippen LogP contribution is 1.96. The number of aryl methyl sites for hydroxylation is 1. The van der Waals surface area contributed by atoms with Gasteiger partial charge in [0.1, 0.15) is 0 Å². The first-order valence-corrected chi connectivity index (χ1v) is 7.32. The lowest BCUT2D eigenvalue weighted by atomic mass is 10.4. The quantitative estimate of drug-likeness (QED) is 0.379. The van der Waals surface area contributed by atoms with Crippen LogP contribution in [0.5, 0.6) is 0 Å². The number of rotatable bonds is 6. The van der Waals surface area contributed by atoms with Gasteiger partial charge in [0.15, 0.2) is 11.8 Å². The summed E-state index contributed by atoms with van der Waals surface area (Å²) in [4.78, 5) is 10.7. The number of ether oxygens (including phenoxy) is 1. The fourth-order valence-electron chi connectivity index (χ4n) is 2.11. The molecule has 0 amide bonds. The predicted octanol–water partition coefficient (Wildman–Crippen LogP) is 0.0357. The van der Waals surface area contributed by atoms with E-state index in [9.17, 15) is 0 Å². The molecule has 0 bridgehead atoms. The summed E-state index contributed by atoms with van der Waals surface area (Å²) >= 11 is 0. The Labute approximate surface area is 148 Å². The van der Waals surface area contributed by atoms with Gasteiger partial charge in [0.2, 0.25) is 5.89 Å². The Kier molecular flexibility index (Phi) is 9.32. The van der Waals surface area contributed by atoms with Crippen LogP contribution in [0, 0.1) is 6.92 Å². The number of aromatic nitrogens is 2. The molecule has 1 aromatic heterocycles. The number of nitrogens with one attached hydrogen (secondary N) is 2. The molecule has 0 saturated carbocycles. The first-order valence-electron chi connectivity index (χ1n) is 7.32. The van der Waals surface area contributed by atoms with E-state index in [1.807, 2.05) is 6.92 Å². The van der Waals surface area contributed by atoms with E-state index in [2.05, 4.69) is 30.7 Å². The van der Waals surface area contributed by atoms with Crippen LogP contribution >= 0.6 is 24.0 Å². The van der Waals surface area contributed by atoms with Gasteiger partial charge in [-0.05, 0) is 6.92 Å². The van der Waals surface area contributed by atoms with Gasteiger partial charge in [-0.25, -0.2) is 0 Å². The van der Waals surface area contributed by atoms with Crippen molar-refractivity contribution in [3.05, 3.63) is 11.7 Å². The number of hydrogen-bond acceptors (Lipinski definition) is 6. The van der Waals surface area contributed by atoms with Gasteiger partial charge in [-0.2, -0.15) is 4.98 Å². The topological polar surface area (TPSA) is 87.8 Å². The highest BCUT2D eigenvalue weighted by atomic mass is 127. The average Bonchev–Trinajstić information content (AvgIpc) is 2.92. The fraction of sp³-hybridized carbons (Fsp3) is 0.769. The van der Waals surface area contributed by atoms with Gasteiger partial charge in [0.05, 0.1) is 13.2 Å². The van der Waals surface area contributed by atoms with Crippen molar-refractivity contribution in [3.8, 4) is 0 Å². The lowest BCUT2D eigenvalue weighted by molar-refractivity contribution is 0.0389. The van der Waals surface area contributed by atoms with Gasteiger partial charge >= 0.3 is 0 Å². The van der Waals surface area contributed by atoms with Crippen LogP contribution < -0.4 is 10.6 Å². The number of hydrogen-bond donors (Lipinski definition) is 2. The van der Waals surface area contributed by atoms with Crippen LogP contribution in [0.1, 0.15) is 11.7 Å². The Morgan fingerprint density at radius 1 is 1.27 bits per heavy atom. The molecule has 9 heteroatoms. The van der Waals surface area contributed by atoms with E-state index in [4.69, 9.17) is 9.26 Å². The maximum absolute atomic E-state index is 5.33. The van der Waals surface area contributed by atoms with Crippen molar-refractivity contribution in [1.82, 2.24) is 25.7 Å². The smallest absolute Gasteiger partial charge is 0.228 e. The van der Waals surface area contributed by atoms with Crippen LogP contribution in [0.15, 0.2) is 9.52 Å². The van der Waals surface area contributed by atoms with Gasteiger partial charge in [-0.1, -0.05) is 5.16 Å². The minimum atomic E-state index is 0. The summed E-state index contributed by atoms with van der Waals surface area (Å²) in [5, 5.41) is 10.3. The molecule has 8 nitrogen and oxygen atoms in total. The minimum Gasteiger partial charge on any atom is -0.379 e. The molecular formula is C13H25IN6O2. The third kappa shape index (κ3) is 6.88. The van der Waals surface area contributed by atoms with E-state index in [0.29, 0.717) is 24.7 Å². The number of aliphatic imine (C=N–C) groups is 1. The molecule has 1 fully saturated rings. The molecular weight excluding hydrogens is 399 g/mol. The van der Waals surface area contributed by atoms with Crippen LogP contribution in [-0.2, 0) is 11.2 Å². The van der Waals surface area contributed by atoms with Crippen LogP contribution in [0.25, 0.3) is 0 Å². The van der Waals surface area contributed by atoms with Crippen LogP contribution in [-0.4, -0.2) is 74.0 Å². The molecule has 22 heavy (non-hydrogen) atoms. The first kappa shape index (κ1) is 19.1. The molecule has 1 saturated heterocycles. The summed E-state index contributed by atoms with van der Waals surface area (Å²) in [7, 11) is 1.76. The monoisotopic (exact) mass is 424 g/mol. The first-order chi connectivity index (χ1) is 10.3. The zero-order chi connectivity index (χ0) is 14.9. The molecule has 126 valence electrons. The fourth-order valence-corrected chi connectivity index (χ4v) is 2.11. The molecule has 0 aromatic carbocycles. The minimum absolute atomic E-state index is 0. The molecule has 1 aromatic rings. The summed E-state index contributed by atoms with van der Waals surface area (Å²) in [6.45, 7) is 8.04. The second-order valence-electron chi connectivity index (χ2n) is 4.87. The summed E-state index contributed by atoms with van der Waals surface area (Å²) in [5.41, 5.74) is 0. The van der Waals surface area contributed by atoms with Crippen molar-refractivity contribution in [2.45, 2.75) is 13.3 Å². The highest BCUT2D eigenvalue weighted by molar-refractivity contribution is 14.0. The second-order valence-corrected chi connectivity index (χ2v) is 4.87. The Bertz CT molecular complexity index is 447. The van der Waals surface area contributed by atoms with Crippen molar-refractivity contribution in [2.24, 2.45) is 4.99 Å². The van der Waals surface area contributed by atoms with Crippen molar-refractivity contribution in [2.75, 3.05) is 53.0 Å². The normalized spacial score (nSPS) is 16.2. The zero-order valence-corrected chi connectivity index (χ0v) is 15.5. The maximum Gasteiger partial charge on any atom is 0.228 e. The molecule has 0 aliphatic carbocycles. The third-order valence-corrected chi connectivity index (χ3v) is 3.25. The zero-order valence-electron chi connectivity index (χ0n) is 13.2. The number of guanidine groups is 1. The van der Waals surface area contributed by atoms with E-state index in [1.165, 1.54) is 0 Å². The van der Waals surface area contributed by atoms with Gasteiger partial charge in [-0.15, -0.1) is 24.0 Å². The summed E-state index contributed by atoms with van der Waals surface area (Å²) in [5.74, 6) is 2.10. The average molecular weight is 424 g/mol. The van der Waals surface area contributed by atoms with Gasteiger partial charge < -0.3 is 19.9 Å². The molecule has 0 spiro atoms. The molecule has 0 radical (unpaired) electrons. The Morgan fingerprint density at radius 3 is 2.64 bits per heavy atom. The van der Waals surface area contributed by atoms with Crippen molar-refractivity contribution in [1.29, 1.82) is 0 Å². The molecule has 0 atom stereocenters. The molecule has 1 aliphatic rings. The molecule has 2 heterocycles. The van der Waals surface area contributed by atoms with Crippen molar-refractivity contribution >= 4 is 29.9 Å². The molecule has 2 rings (SSSR count). The lowest BCUT2D eigenvalue weighted by Crippen LogP contribution is -2.44. The second kappa shape index (κ2) is 10.7. The van der Waals surface area contributed by atoms with E-state index in [0.717, 1.165) is 45.4 Å². The Morgan fingerprint density at radius 2 is 2.00 bits per heavy atom. The highest BCUT2D eigenvalue weighted by Gasteiger charge is 2.09. The predicted molar refractivity (Wildman–Crippen MR) is 94.8 cm³/mol. The van der Waals surface area contributed by atoms with Gasteiger partial charge in [-0.3, -0.25) is 9.89 Å². The Hall–Kier alpha value is -0.940. The van der Waals surface area contributed by atoms with Gasteiger partial charge in [0, 0.05) is 46.2 Å². The SMILES string of the molecule is CN=C(NCCc1nc(C)no1)NCCN1CCOCC1.I. The molecule has 0 unspecified atom stereocenters. The van der Waals surface area contributed by atoms with Gasteiger partial charge in [0.25, 0.3) is 0 Å². The summed E-state index contributed by atoms with van der Waals surface area (Å²) in [6.07, 6.45) is 0.686. The number of morpholine rings is 1. The van der Waals surface area contributed by atoms with E-state index in [-0.39, 0.29) is 24.0 Å². The summed E-state index contributed by atoms with van der Waals surface area (Å²) < 4.78 is 10.4.